The first-order chi connectivity index (χ1) is 9.32. The van der Waals surface area contributed by atoms with Crippen molar-refractivity contribution in [2.75, 3.05) is 25.6 Å². The van der Waals surface area contributed by atoms with Crippen molar-refractivity contribution in [1.82, 2.24) is 0 Å². The van der Waals surface area contributed by atoms with E-state index in [9.17, 15) is 9.59 Å². The topological polar surface area (TPSA) is 64.6 Å². The highest BCUT2D eigenvalue weighted by molar-refractivity contribution is 5.92. The second-order valence-electron chi connectivity index (χ2n) is 5.47. The molecule has 5 heteroatoms. The Labute approximate surface area is 119 Å². The third kappa shape index (κ3) is 5.40. The van der Waals surface area contributed by atoms with Crippen LogP contribution >= 0.6 is 0 Å². The molecule has 5 nitrogen and oxygen atoms in total. The molecule has 0 saturated carbocycles. The predicted molar refractivity (Wildman–Crippen MR) is 76.6 cm³/mol. The fraction of sp³-hybridized carbons (Fsp3) is 0.467. The van der Waals surface area contributed by atoms with Crippen molar-refractivity contribution in [3.63, 3.8) is 0 Å². The molecule has 1 rings (SSSR count). The summed E-state index contributed by atoms with van der Waals surface area (Å²) >= 11 is 0. The van der Waals surface area contributed by atoms with Gasteiger partial charge in [-0.1, -0.05) is 32.9 Å². The molecule has 1 aromatic rings. The van der Waals surface area contributed by atoms with E-state index in [0.717, 1.165) is 0 Å². The van der Waals surface area contributed by atoms with Crippen molar-refractivity contribution in [1.29, 1.82) is 0 Å². The van der Waals surface area contributed by atoms with Crippen LogP contribution in [0.2, 0.25) is 0 Å². The Morgan fingerprint density at radius 2 is 1.70 bits per heavy atom. The normalized spacial score (nSPS) is 11.0. The minimum atomic E-state index is -0.564. The zero-order chi connectivity index (χ0) is 15.2. The number of benzene rings is 1. The number of anilines is 1. The average molecular weight is 279 g/mol. The summed E-state index contributed by atoms with van der Waals surface area (Å²) in [6, 6.07) is 7.59. The Balaban J connectivity index is 2.48. The molecule has 0 aromatic heterocycles. The highest BCUT2D eigenvalue weighted by Gasteiger charge is 2.13. The van der Waals surface area contributed by atoms with Crippen molar-refractivity contribution in [2.45, 2.75) is 26.2 Å². The molecule has 0 radical (unpaired) electrons. The molecule has 0 unspecified atom stereocenters. The fourth-order valence-corrected chi connectivity index (χ4v) is 1.56. The number of carbonyl (C=O) groups is 2. The smallest absolute Gasteiger partial charge is 0.332 e. The molecule has 20 heavy (non-hydrogen) atoms. The average Bonchev–Trinajstić information content (AvgIpc) is 2.36. The molecule has 0 aliphatic carbocycles. The zero-order valence-corrected chi connectivity index (χ0v) is 12.4. The summed E-state index contributed by atoms with van der Waals surface area (Å²) < 4.78 is 9.31. The first-order valence-electron chi connectivity index (χ1n) is 6.38. The van der Waals surface area contributed by atoms with Crippen LogP contribution in [0.3, 0.4) is 0 Å². The maximum atomic E-state index is 11.6. The van der Waals surface area contributed by atoms with Gasteiger partial charge in [-0.2, -0.15) is 0 Å². The lowest BCUT2D eigenvalue weighted by Gasteiger charge is -2.19. The van der Waals surface area contributed by atoms with E-state index < -0.39 is 5.97 Å². The second kappa shape index (κ2) is 7.05. The Bertz CT molecular complexity index is 460. The van der Waals surface area contributed by atoms with Gasteiger partial charge in [-0.05, 0) is 23.1 Å². The van der Waals surface area contributed by atoms with Crippen LogP contribution in [0.4, 0.5) is 5.69 Å². The highest BCUT2D eigenvalue weighted by Crippen LogP contribution is 2.23. The molecule has 0 aliphatic heterocycles. The van der Waals surface area contributed by atoms with Gasteiger partial charge in [-0.15, -0.1) is 0 Å². The molecule has 0 fully saturated rings. The summed E-state index contributed by atoms with van der Waals surface area (Å²) in [6.07, 6.45) is 0. The van der Waals surface area contributed by atoms with Crippen LogP contribution in [0, 0.1) is 0 Å². The van der Waals surface area contributed by atoms with E-state index in [1.165, 1.54) is 12.7 Å². The molecular formula is C15H21NO4. The number of amides is 1. The Morgan fingerprint density at radius 3 is 2.20 bits per heavy atom. The minimum Gasteiger partial charge on any atom is -0.454 e. The molecule has 0 saturated heterocycles. The van der Waals surface area contributed by atoms with E-state index in [1.54, 1.807) is 0 Å². The van der Waals surface area contributed by atoms with Crippen molar-refractivity contribution < 1.29 is 19.1 Å². The van der Waals surface area contributed by atoms with Gasteiger partial charge >= 0.3 is 5.97 Å². The van der Waals surface area contributed by atoms with Crippen molar-refractivity contribution >= 4 is 17.6 Å². The van der Waals surface area contributed by atoms with Gasteiger partial charge in [0.2, 0.25) is 0 Å². The van der Waals surface area contributed by atoms with Crippen LogP contribution in [-0.2, 0) is 24.5 Å². The molecule has 0 bridgehead atoms. The third-order valence-electron chi connectivity index (χ3n) is 2.66. The first-order valence-corrected chi connectivity index (χ1v) is 6.38. The number of methoxy groups -OCH3 is 1. The van der Waals surface area contributed by atoms with E-state index in [1.807, 2.05) is 24.3 Å². The largest absolute Gasteiger partial charge is 0.454 e. The van der Waals surface area contributed by atoms with E-state index in [-0.39, 0.29) is 24.5 Å². The molecular weight excluding hydrogens is 258 g/mol. The van der Waals surface area contributed by atoms with Crippen LogP contribution in [0.25, 0.3) is 0 Å². The molecule has 1 aromatic carbocycles. The maximum absolute atomic E-state index is 11.6. The number of rotatable bonds is 5. The van der Waals surface area contributed by atoms with Gasteiger partial charge in [-0.3, -0.25) is 4.79 Å². The number of esters is 1. The zero-order valence-electron chi connectivity index (χ0n) is 12.4. The number of carbonyl (C=O) groups excluding carboxylic acids is 2. The lowest BCUT2D eigenvalue weighted by atomic mass is 9.87. The van der Waals surface area contributed by atoms with Gasteiger partial charge in [0.25, 0.3) is 5.91 Å². The van der Waals surface area contributed by atoms with Crippen molar-refractivity contribution in [3.8, 4) is 0 Å². The van der Waals surface area contributed by atoms with Gasteiger partial charge in [0, 0.05) is 12.8 Å². The monoisotopic (exact) mass is 279 g/mol. The minimum absolute atomic E-state index is 0.0677. The Morgan fingerprint density at radius 1 is 1.10 bits per heavy atom. The molecule has 0 spiro atoms. The molecule has 110 valence electrons. The molecule has 0 aliphatic rings. The SMILES string of the molecule is COCC(=O)OCC(=O)Nc1ccc(C(C)(C)C)cc1. The highest BCUT2D eigenvalue weighted by atomic mass is 16.6. The summed E-state index contributed by atoms with van der Waals surface area (Å²) in [6.45, 7) is 5.89. The Kier molecular flexibility index (Phi) is 5.70. The lowest BCUT2D eigenvalue weighted by molar-refractivity contribution is -0.150. The maximum Gasteiger partial charge on any atom is 0.332 e. The first kappa shape index (κ1) is 16.2. The summed E-state index contributed by atoms with van der Waals surface area (Å²) in [5.41, 5.74) is 1.92. The van der Waals surface area contributed by atoms with E-state index in [0.29, 0.717) is 5.69 Å². The number of ether oxygens (including phenoxy) is 2. The number of nitrogens with one attached hydrogen (secondary N) is 1. The van der Waals surface area contributed by atoms with Crippen LogP contribution in [0.1, 0.15) is 26.3 Å². The van der Waals surface area contributed by atoms with E-state index in [4.69, 9.17) is 4.74 Å². The second-order valence-corrected chi connectivity index (χ2v) is 5.47. The van der Waals surface area contributed by atoms with Gasteiger partial charge in [0.15, 0.2) is 6.61 Å². The van der Waals surface area contributed by atoms with Gasteiger partial charge in [0.1, 0.15) is 6.61 Å². The number of hydrogen-bond acceptors (Lipinski definition) is 4. The molecule has 1 amide bonds. The fourth-order valence-electron chi connectivity index (χ4n) is 1.56. The van der Waals surface area contributed by atoms with Gasteiger partial charge in [-0.25, -0.2) is 4.79 Å². The van der Waals surface area contributed by atoms with Crippen molar-refractivity contribution in [3.05, 3.63) is 29.8 Å². The number of hydrogen-bond donors (Lipinski definition) is 1. The van der Waals surface area contributed by atoms with Crippen LogP contribution in [0.15, 0.2) is 24.3 Å². The quantitative estimate of drug-likeness (QED) is 0.838. The lowest BCUT2D eigenvalue weighted by Crippen LogP contribution is -2.22. The third-order valence-corrected chi connectivity index (χ3v) is 2.66. The molecule has 1 N–H and O–H groups in total. The van der Waals surface area contributed by atoms with Gasteiger partial charge < -0.3 is 14.8 Å². The van der Waals surface area contributed by atoms with Crippen LogP contribution in [-0.4, -0.2) is 32.2 Å². The van der Waals surface area contributed by atoms with Crippen molar-refractivity contribution in [2.24, 2.45) is 0 Å². The summed E-state index contributed by atoms with van der Waals surface area (Å²) in [4.78, 5) is 22.6. The molecule has 0 heterocycles. The summed E-state index contributed by atoms with van der Waals surface area (Å²) in [5.74, 6) is -0.941. The Hall–Kier alpha value is -1.88. The van der Waals surface area contributed by atoms with Gasteiger partial charge in [0.05, 0.1) is 0 Å². The van der Waals surface area contributed by atoms with Crippen LogP contribution < -0.4 is 5.32 Å². The molecule has 0 atom stereocenters. The summed E-state index contributed by atoms with van der Waals surface area (Å²) in [5, 5.41) is 2.66. The predicted octanol–water partition coefficient (Wildman–Crippen LogP) is 2.11. The van der Waals surface area contributed by atoms with E-state index >= 15 is 0 Å². The van der Waals surface area contributed by atoms with E-state index in [2.05, 4.69) is 30.8 Å². The standard InChI is InChI=1S/C15H21NO4/c1-15(2,3)11-5-7-12(8-6-11)16-13(17)9-20-14(18)10-19-4/h5-8H,9-10H2,1-4H3,(H,16,17). The van der Waals surface area contributed by atoms with Crippen LogP contribution in [0.5, 0.6) is 0 Å². The summed E-state index contributed by atoms with van der Waals surface area (Å²) in [7, 11) is 1.39.